The lowest BCUT2D eigenvalue weighted by molar-refractivity contribution is -0.352. The summed E-state index contributed by atoms with van der Waals surface area (Å²) < 4.78 is 50.7. The maximum absolute atomic E-state index is 16.6. The standard InChI is InChI=1S/C78H91Cl2N9O29/c1-29(2)12-43(82-5)73(107)88-59-46(95)16-35(19-54(81)97)71(105)86-57-34-17-50(112-48-10-7-32(61(59)98)14-41(48)79)68(117-77-66(103)64(101)69(53(27-91)115-77)118-76-65(102)63(100)62(99)52(26-90)114-76)51(18-34)113-49-11-8-33(15-42(49)80)67(116-55-23-78(4,70(104)30(3)111-55)85-25-36-24-83-28-84-36)60-74(108)87-58(75(109)110)40-20-37(92)21-45(94)56(40)39-13-31(6-9-44(39)93)38(22-47(57)96)72(106)89-60/h6-11,13-15,17-18,20-21,24,28-30,35,38,43,52-53,55,57-67,69-70,76-77,82,85,90-94,98-104H,12,16,19,22-23,25-27H2,1-5H3,(H2,81,97)(H,83,84)(H,86,105)(H,87,108)(H,88,107)(H,89,106)(H,109,110)/t30-,35-,38?,43+,52+,53+,55?,57+,58+,59-,60-,61+,62-,63-,64+,65+,66+,67+,69+,70-,76?,77-,78-/m0/s1. The number of likely N-dealkylation sites (N-methyl/N-ethyl adjacent to an activating group) is 1. The topological polar surface area (TPSA) is 600 Å². The molecule has 5 amide bonds. The van der Waals surface area contributed by atoms with Gasteiger partial charge in [-0.1, -0.05) is 55.2 Å². The number of aromatic hydroxyl groups is 3. The molecule has 636 valence electrons. The van der Waals surface area contributed by atoms with Crippen molar-refractivity contribution in [3.63, 3.8) is 0 Å². The highest BCUT2D eigenvalue weighted by Crippen LogP contribution is 2.51. The van der Waals surface area contributed by atoms with E-state index in [1.54, 1.807) is 6.92 Å². The number of carboxylic acids is 1. The second-order valence-electron chi connectivity index (χ2n) is 30.5. The monoisotopic (exact) mass is 1690 g/mol. The molecule has 3 unspecified atom stereocenters. The molecule has 8 aliphatic heterocycles. The summed E-state index contributed by atoms with van der Waals surface area (Å²) in [6.45, 7) is 4.86. The van der Waals surface area contributed by atoms with Gasteiger partial charge < -0.3 is 147 Å². The van der Waals surface area contributed by atoms with Crippen LogP contribution in [0.4, 0.5) is 0 Å². The summed E-state index contributed by atoms with van der Waals surface area (Å²) in [4.78, 5) is 128. The number of aliphatic hydroxyl groups excluding tert-OH is 9. The van der Waals surface area contributed by atoms with E-state index in [1.807, 2.05) is 13.8 Å². The Bertz CT molecular complexity index is 4760. The first-order valence-corrected chi connectivity index (χ1v) is 38.4. The van der Waals surface area contributed by atoms with Crippen molar-refractivity contribution in [1.82, 2.24) is 41.9 Å². The number of ether oxygens (including phenoxy) is 8. The largest absolute Gasteiger partial charge is 0.508 e. The molecule has 118 heavy (non-hydrogen) atoms. The van der Waals surface area contributed by atoms with Gasteiger partial charge in [-0.3, -0.25) is 33.6 Å². The second kappa shape index (κ2) is 36.4. The number of aromatic amines is 1. The predicted octanol–water partition coefficient (Wildman–Crippen LogP) is 0.461. The highest BCUT2D eigenvalue weighted by atomic mass is 35.5. The van der Waals surface area contributed by atoms with Crippen LogP contribution in [0.1, 0.15) is 124 Å². The molecule has 3 fully saturated rings. The molecular weight excluding hydrogens is 1600 g/mol. The fourth-order valence-corrected chi connectivity index (χ4v) is 15.8. The number of rotatable bonds is 19. The van der Waals surface area contributed by atoms with E-state index in [1.165, 1.54) is 56.8 Å². The van der Waals surface area contributed by atoms with Gasteiger partial charge in [-0.2, -0.15) is 0 Å². The van der Waals surface area contributed by atoms with Crippen LogP contribution in [0.5, 0.6) is 46.0 Å². The number of aliphatic carboxylic acids is 1. The fraction of sp³-hybridized carbons (Fsp3) is 0.474. The van der Waals surface area contributed by atoms with Crippen LogP contribution in [0.25, 0.3) is 11.1 Å². The van der Waals surface area contributed by atoms with Crippen molar-refractivity contribution in [3.8, 4) is 57.1 Å². The van der Waals surface area contributed by atoms with Gasteiger partial charge in [0.2, 0.25) is 41.6 Å². The number of ketones is 2. The van der Waals surface area contributed by atoms with Crippen LogP contribution in [-0.2, 0) is 68.6 Å². The molecule has 38 nitrogen and oxygen atoms in total. The van der Waals surface area contributed by atoms with Crippen LogP contribution < -0.4 is 51.8 Å². The van der Waals surface area contributed by atoms with E-state index in [2.05, 4.69) is 41.9 Å². The summed E-state index contributed by atoms with van der Waals surface area (Å²) in [5.74, 6) is -19.4. The number of imidazole rings is 1. The van der Waals surface area contributed by atoms with E-state index in [9.17, 15) is 80.8 Å². The van der Waals surface area contributed by atoms with Crippen LogP contribution in [0, 0.1) is 11.8 Å². The van der Waals surface area contributed by atoms with E-state index in [4.69, 9.17) is 66.8 Å². The van der Waals surface area contributed by atoms with E-state index in [0.717, 1.165) is 48.5 Å². The third-order valence-corrected chi connectivity index (χ3v) is 22.3. The SMILES string of the molecule is CN[C@H](CC(C)C)C(=O)N[C@H]1C(=O)C[C@@H](CC(N)=O)C(=O)N[C@H]2C(=O)CC3C(=O)N[C@H](C(=O)N[C@@H](C(=O)O)c4cc(O)cc(O)c4-c4cc3ccc4O)[C@H](OC3C[C@](C)(NCc4cnc[nH]4)[C@@H](O)[C@H](C)O3)c3ccc(c(Cl)c3)Oc3cc2cc(c3O[C@@H]2O[C@H](CO)[C@@H](OC3O[C@H](CO)[C@H](O)[C@H](O)[C@H]3O)[C@H](O)[C@H]2O)Oc2ccc(cc2Cl)[C@H]1O. The molecular formula is C78H91Cl2N9O29. The third kappa shape index (κ3) is 18.6. The number of H-pyrrole nitrogens is 1. The number of phenols is 3. The molecule has 0 radical (unpaired) electrons. The normalized spacial score (nSPS) is 31.0. The Morgan fingerprint density at radius 1 is 0.703 bits per heavy atom. The number of hydrogen-bond donors (Lipinski definition) is 21. The Morgan fingerprint density at radius 3 is 1.98 bits per heavy atom. The van der Waals surface area contributed by atoms with Crippen molar-refractivity contribution in [2.45, 2.75) is 200 Å². The van der Waals surface area contributed by atoms with Gasteiger partial charge in [-0.05, 0) is 110 Å². The van der Waals surface area contributed by atoms with Gasteiger partial charge in [0.1, 0.15) is 108 Å². The Hall–Kier alpha value is -9.79. The number of carbonyl (C=O) groups excluding carboxylic acids is 7. The first-order chi connectivity index (χ1) is 56.0. The van der Waals surface area contributed by atoms with Gasteiger partial charge in [0, 0.05) is 72.4 Å². The van der Waals surface area contributed by atoms with E-state index < -0.39 is 287 Å². The highest BCUT2D eigenvalue weighted by molar-refractivity contribution is 6.32. The summed E-state index contributed by atoms with van der Waals surface area (Å²) in [6, 6.07) is 4.33. The molecule has 5 aromatic carbocycles. The number of carbonyl (C=O) groups is 8. The van der Waals surface area contributed by atoms with Gasteiger partial charge in [0.15, 0.2) is 41.7 Å². The summed E-state index contributed by atoms with van der Waals surface area (Å²) >= 11 is 14.5. The van der Waals surface area contributed by atoms with Crippen molar-refractivity contribution in [2.75, 3.05) is 20.3 Å². The Kier molecular flexibility index (Phi) is 27.0. The molecule has 3 saturated heterocycles. The van der Waals surface area contributed by atoms with Gasteiger partial charge >= 0.3 is 5.97 Å². The number of aromatic nitrogens is 2. The lowest BCUT2D eigenvalue weighted by Gasteiger charge is -2.46. The number of amides is 5. The van der Waals surface area contributed by atoms with Crippen molar-refractivity contribution >= 4 is 70.3 Å². The van der Waals surface area contributed by atoms with Gasteiger partial charge in [0.25, 0.3) is 0 Å². The lowest BCUT2D eigenvalue weighted by atomic mass is 9.84. The number of nitrogens with one attached hydrogen (secondary N) is 7. The molecule has 9 heterocycles. The van der Waals surface area contributed by atoms with Crippen LogP contribution in [0.15, 0.2) is 91.4 Å². The number of hydrogen-bond acceptors (Lipinski definition) is 31. The highest BCUT2D eigenvalue weighted by Gasteiger charge is 2.53. The summed E-state index contributed by atoms with van der Waals surface area (Å²) in [5, 5.41) is 163. The van der Waals surface area contributed by atoms with E-state index >= 15 is 24.0 Å². The molecule has 40 heteroatoms. The van der Waals surface area contributed by atoms with Gasteiger partial charge in [-0.15, -0.1) is 0 Å². The smallest absolute Gasteiger partial charge is 0.330 e. The maximum Gasteiger partial charge on any atom is 0.330 e. The van der Waals surface area contributed by atoms with Crippen molar-refractivity contribution < 1.29 is 143 Å². The molecule has 22 N–H and O–H groups in total. The summed E-state index contributed by atoms with van der Waals surface area (Å²) in [5.41, 5.74) is 2.52. The number of Topliss-reactive ketones (excluding diaryl/α,β-unsaturated/α-hetero) is 2. The van der Waals surface area contributed by atoms with Crippen molar-refractivity contribution in [2.24, 2.45) is 17.6 Å². The van der Waals surface area contributed by atoms with Gasteiger partial charge in [0.05, 0.1) is 59.7 Å². The Balaban J connectivity index is 1.09. The van der Waals surface area contributed by atoms with Crippen LogP contribution in [-0.4, -0.2) is 247 Å². The summed E-state index contributed by atoms with van der Waals surface area (Å²) in [7, 11) is 1.48. The molecule has 6 aromatic rings. The number of nitrogens with two attached hydrogens (primary N) is 1. The predicted molar refractivity (Wildman–Crippen MR) is 406 cm³/mol. The molecule has 0 saturated carbocycles. The first kappa shape index (κ1) is 87.5. The van der Waals surface area contributed by atoms with E-state index in [0.29, 0.717) is 5.69 Å². The average Bonchev–Trinajstić information content (AvgIpc) is 1.07. The zero-order valence-electron chi connectivity index (χ0n) is 63.7. The van der Waals surface area contributed by atoms with Crippen molar-refractivity contribution in [1.29, 1.82) is 0 Å². The number of benzene rings is 5. The number of carboxylic acid groups (broad SMARTS) is 1. The average molecular weight is 1690 g/mol. The Labute approximate surface area is 681 Å². The number of halogens is 2. The maximum atomic E-state index is 16.6. The number of fused-ring (bicyclic) bond motifs is 15. The minimum Gasteiger partial charge on any atom is -0.508 e. The third-order valence-electron chi connectivity index (χ3n) is 21.7. The molecule has 0 spiro atoms. The molecule has 11 bridgehead atoms. The van der Waals surface area contributed by atoms with E-state index in [-0.39, 0.29) is 52.8 Å². The molecule has 14 rings (SSSR count). The number of aliphatic hydroxyl groups is 9. The molecule has 0 aliphatic carbocycles. The van der Waals surface area contributed by atoms with Gasteiger partial charge in [-0.25, -0.2) is 9.78 Å². The molecule has 1 aromatic heterocycles. The zero-order valence-corrected chi connectivity index (χ0v) is 65.2. The number of phenolic OH excluding ortho intramolecular Hbond substituents is 3. The molecule has 23 atom stereocenters. The second-order valence-corrected chi connectivity index (χ2v) is 31.3. The van der Waals surface area contributed by atoms with Crippen LogP contribution >= 0.6 is 23.2 Å². The zero-order chi connectivity index (χ0) is 85.4. The molecule has 8 aliphatic rings. The quantitative estimate of drug-likeness (QED) is 0.0524. The fourth-order valence-electron chi connectivity index (χ4n) is 15.3. The lowest BCUT2D eigenvalue weighted by Crippen LogP contribution is -2.65. The van der Waals surface area contributed by atoms with Crippen molar-refractivity contribution in [3.05, 3.63) is 135 Å². The summed E-state index contributed by atoms with van der Waals surface area (Å²) in [6.07, 6.45) is -28.3. The first-order valence-electron chi connectivity index (χ1n) is 37.6. The minimum absolute atomic E-state index is 0.0886. The Morgan fingerprint density at radius 2 is 1.36 bits per heavy atom. The van der Waals surface area contributed by atoms with Crippen LogP contribution in [0.3, 0.4) is 0 Å². The number of nitrogens with zero attached hydrogens (tertiary/aromatic N) is 1. The number of primary amides is 1. The minimum atomic E-state index is -2.35. The van der Waals surface area contributed by atoms with Crippen LogP contribution in [0.2, 0.25) is 10.0 Å².